The number of nitrogens with one attached hydrogen (secondary N) is 1. The van der Waals surface area contributed by atoms with Gasteiger partial charge in [0.1, 0.15) is 0 Å². The van der Waals surface area contributed by atoms with Gasteiger partial charge < -0.3 is 0 Å². The molecule has 0 amide bonds. The van der Waals surface area contributed by atoms with E-state index in [2.05, 4.69) is 15.3 Å². The van der Waals surface area contributed by atoms with Crippen LogP contribution in [0.3, 0.4) is 0 Å². The Bertz CT molecular complexity index is 921. The summed E-state index contributed by atoms with van der Waals surface area (Å²) in [6, 6.07) is 9.57. The van der Waals surface area contributed by atoms with Crippen LogP contribution in [0.2, 0.25) is 0 Å². The molecule has 0 aliphatic heterocycles. The maximum absolute atomic E-state index is 12.0. The molecule has 23 heavy (non-hydrogen) atoms. The van der Waals surface area contributed by atoms with Gasteiger partial charge in [-0.3, -0.25) is 14.3 Å². The van der Waals surface area contributed by atoms with Crippen molar-refractivity contribution in [3.63, 3.8) is 0 Å². The van der Waals surface area contributed by atoms with Crippen molar-refractivity contribution in [2.24, 2.45) is 0 Å². The number of para-hydroxylation sites is 1. The van der Waals surface area contributed by atoms with Crippen LogP contribution < -0.4 is 11.2 Å². The first-order valence-corrected chi connectivity index (χ1v) is 7.35. The van der Waals surface area contributed by atoms with Crippen LogP contribution >= 0.6 is 0 Å². The molecule has 0 saturated carbocycles. The monoisotopic (exact) mass is 311 g/mol. The number of benzene rings is 1. The molecule has 0 radical (unpaired) electrons. The van der Waals surface area contributed by atoms with Crippen molar-refractivity contribution >= 4 is 0 Å². The van der Waals surface area contributed by atoms with Gasteiger partial charge in [0, 0.05) is 24.2 Å². The van der Waals surface area contributed by atoms with Crippen molar-refractivity contribution in [1.82, 2.24) is 24.5 Å². The molecule has 0 unspecified atom stereocenters. The van der Waals surface area contributed by atoms with E-state index in [1.807, 2.05) is 44.2 Å². The molecule has 3 aromatic rings. The molecule has 7 nitrogen and oxygen atoms in total. The molecule has 1 N–H and O–H groups in total. The molecule has 118 valence electrons. The average Bonchev–Trinajstić information content (AvgIpc) is 2.99. The van der Waals surface area contributed by atoms with Crippen LogP contribution in [-0.4, -0.2) is 24.5 Å². The van der Waals surface area contributed by atoms with Gasteiger partial charge in [0.15, 0.2) is 0 Å². The number of H-pyrrole nitrogens is 1. The SMILES string of the molecule is CC(C)n1cc(Cc2cn(-c3ccccc3)nn2)c(=O)[nH]c1=O. The molecule has 3 rings (SSSR count). The number of hydrogen-bond acceptors (Lipinski definition) is 4. The summed E-state index contributed by atoms with van der Waals surface area (Å²) in [5.74, 6) is 0. The molecular formula is C16H17N5O2. The van der Waals surface area contributed by atoms with Crippen molar-refractivity contribution in [3.8, 4) is 5.69 Å². The average molecular weight is 311 g/mol. The van der Waals surface area contributed by atoms with E-state index in [9.17, 15) is 9.59 Å². The first-order chi connectivity index (χ1) is 11.0. The van der Waals surface area contributed by atoms with E-state index < -0.39 is 5.69 Å². The summed E-state index contributed by atoms with van der Waals surface area (Å²) < 4.78 is 3.15. The van der Waals surface area contributed by atoms with Gasteiger partial charge in [0.25, 0.3) is 5.56 Å². The second-order valence-corrected chi connectivity index (χ2v) is 5.58. The predicted molar refractivity (Wildman–Crippen MR) is 85.9 cm³/mol. The summed E-state index contributed by atoms with van der Waals surface area (Å²) in [5.41, 5.74) is 1.25. The number of aromatic nitrogens is 5. The summed E-state index contributed by atoms with van der Waals surface area (Å²) in [5, 5.41) is 8.17. The van der Waals surface area contributed by atoms with Gasteiger partial charge in [-0.25, -0.2) is 9.48 Å². The molecule has 1 aromatic carbocycles. The Morgan fingerprint density at radius 3 is 2.57 bits per heavy atom. The minimum atomic E-state index is -0.401. The highest BCUT2D eigenvalue weighted by atomic mass is 16.2. The lowest BCUT2D eigenvalue weighted by molar-refractivity contribution is 0.556. The molecule has 2 aromatic heterocycles. The second-order valence-electron chi connectivity index (χ2n) is 5.58. The Balaban J connectivity index is 1.91. The quantitative estimate of drug-likeness (QED) is 0.786. The highest BCUT2D eigenvalue weighted by Gasteiger charge is 2.10. The zero-order chi connectivity index (χ0) is 16.4. The standard InChI is InChI=1S/C16H17N5O2/c1-11(2)20-9-12(15(22)17-16(20)23)8-13-10-21(19-18-13)14-6-4-3-5-7-14/h3-7,9-11H,8H2,1-2H3,(H,17,22,23). The first kappa shape index (κ1) is 15.0. The van der Waals surface area contributed by atoms with E-state index in [1.54, 1.807) is 17.1 Å². The molecule has 0 saturated heterocycles. The largest absolute Gasteiger partial charge is 0.328 e. The fourth-order valence-electron chi connectivity index (χ4n) is 2.32. The predicted octanol–water partition coefficient (Wildman–Crippen LogP) is 1.29. The third-order valence-electron chi connectivity index (χ3n) is 3.53. The normalized spacial score (nSPS) is 11.1. The summed E-state index contributed by atoms with van der Waals surface area (Å²) in [6.07, 6.45) is 3.68. The Labute approximate surface area is 132 Å². The van der Waals surface area contributed by atoms with E-state index >= 15 is 0 Å². The maximum Gasteiger partial charge on any atom is 0.328 e. The molecule has 0 aliphatic carbocycles. The minimum absolute atomic E-state index is 0.0295. The Morgan fingerprint density at radius 1 is 1.13 bits per heavy atom. The molecule has 0 bridgehead atoms. The van der Waals surface area contributed by atoms with Gasteiger partial charge >= 0.3 is 5.69 Å². The molecular weight excluding hydrogens is 294 g/mol. The van der Waals surface area contributed by atoms with Gasteiger partial charge in [-0.15, -0.1) is 5.10 Å². The zero-order valence-corrected chi connectivity index (χ0v) is 12.9. The fourth-order valence-corrected chi connectivity index (χ4v) is 2.32. The van der Waals surface area contributed by atoms with Crippen molar-refractivity contribution in [2.75, 3.05) is 0 Å². The van der Waals surface area contributed by atoms with Crippen LogP contribution in [0.25, 0.3) is 5.69 Å². The fraction of sp³-hybridized carbons (Fsp3) is 0.250. The Morgan fingerprint density at radius 2 is 1.87 bits per heavy atom. The van der Waals surface area contributed by atoms with Crippen LogP contribution in [0.15, 0.2) is 52.3 Å². The smallest absolute Gasteiger partial charge is 0.298 e. The van der Waals surface area contributed by atoms with Crippen molar-refractivity contribution < 1.29 is 0 Å². The van der Waals surface area contributed by atoms with Crippen molar-refractivity contribution in [3.05, 3.63) is 74.8 Å². The van der Waals surface area contributed by atoms with Crippen LogP contribution in [-0.2, 0) is 6.42 Å². The highest BCUT2D eigenvalue weighted by Crippen LogP contribution is 2.08. The Kier molecular flexibility index (Phi) is 3.92. The molecule has 2 heterocycles. The first-order valence-electron chi connectivity index (χ1n) is 7.35. The van der Waals surface area contributed by atoms with Gasteiger partial charge in [-0.05, 0) is 26.0 Å². The van der Waals surface area contributed by atoms with Crippen LogP contribution in [0, 0.1) is 0 Å². The second kappa shape index (κ2) is 6.04. The summed E-state index contributed by atoms with van der Waals surface area (Å²) in [7, 11) is 0. The molecule has 0 atom stereocenters. The molecule has 0 aliphatic rings. The summed E-state index contributed by atoms with van der Waals surface area (Å²) in [4.78, 5) is 26.1. The lowest BCUT2D eigenvalue weighted by Gasteiger charge is -2.09. The highest BCUT2D eigenvalue weighted by molar-refractivity contribution is 5.30. The van der Waals surface area contributed by atoms with Crippen LogP contribution in [0.1, 0.15) is 31.1 Å². The number of aromatic amines is 1. The number of rotatable bonds is 4. The number of nitrogens with zero attached hydrogens (tertiary/aromatic N) is 4. The zero-order valence-electron chi connectivity index (χ0n) is 12.9. The van der Waals surface area contributed by atoms with Crippen LogP contribution in [0.5, 0.6) is 0 Å². The summed E-state index contributed by atoms with van der Waals surface area (Å²) in [6.45, 7) is 3.77. The van der Waals surface area contributed by atoms with Crippen molar-refractivity contribution in [2.45, 2.75) is 26.3 Å². The maximum atomic E-state index is 12.0. The minimum Gasteiger partial charge on any atom is -0.298 e. The Hall–Kier alpha value is -2.96. The van der Waals surface area contributed by atoms with Gasteiger partial charge in [0.2, 0.25) is 0 Å². The third-order valence-corrected chi connectivity index (χ3v) is 3.53. The molecule has 7 heteroatoms. The lowest BCUT2D eigenvalue weighted by atomic mass is 10.2. The van der Waals surface area contributed by atoms with Crippen molar-refractivity contribution in [1.29, 1.82) is 0 Å². The van der Waals surface area contributed by atoms with E-state index in [0.717, 1.165) is 5.69 Å². The number of hydrogen-bond donors (Lipinski definition) is 1. The van der Waals surface area contributed by atoms with Crippen LogP contribution in [0.4, 0.5) is 0 Å². The topological polar surface area (TPSA) is 85.6 Å². The van der Waals surface area contributed by atoms with E-state index in [1.165, 1.54) is 4.57 Å². The van der Waals surface area contributed by atoms with E-state index in [4.69, 9.17) is 0 Å². The van der Waals surface area contributed by atoms with E-state index in [0.29, 0.717) is 17.7 Å². The van der Waals surface area contributed by atoms with Gasteiger partial charge in [-0.1, -0.05) is 23.4 Å². The van der Waals surface area contributed by atoms with Gasteiger partial charge in [-0.2, -0.15) is 0 Å². The third kappa shape index (κ3) is 3.13. The molecule has 0 spiro atoms. The molecule has 0 fully saturated rings. The summed E-state index contributed by atoms with van der Waals surface area (Å²) >= 11 is 0. The van der Waals surface area contributed by atoms with Gasteiger partial charge in [0.05, 0.1) is 17.6 Å². The lowest BCUT2D eigenvalue weighted by Crippen LogP contribution is -2.32. The van der Waals surface area contributed by atoms with E-state index in [-0.39, 0.29) is 11.6 Å².